The second-order valence-corrected chi connectivity index (χ2v) is 14.7. The van der Waals surface area contributed by atoms with Gasteiger partial charge >= 0.3 is 5.97 Å². The van der Waals surface area contributed by atoms with Gasteiger partial charge in [0.2, 0.25) is 0 Å². The van der Waals surface area contributed by atoms with Gasteiger partial charge in [0.25, 0.3) is 0 Å². The average Bonchev–Trinajstić information content (AvgIpc) is 2.64. The van der Waals surface area contributed by atoms with Gasteiger partial charge in [0, 0.05) is 12.5 Å². The van der Waals surface area contributed by atoms with E-state index in [-0.39, 0.29) is 11.0 Å². The summed E-state index contributed by atoms with van der Waals surface area (Å²) in [6.07, 6.45) is 20.0. The fourth-order valence-corrected chi connectivity index (χ4v) is 4.55. The van der Waals surface area contributed by atoms with E-state index in [1.807, 2.05) is 0 Å². The molecule has 3 nitrogen and oxygen atoms in total. The molecule has 0 aliphatic heterocycles. The molecule has 0 N–H and O–H groups in total. The molecule has 0 aromatic rings. The van der Waals surface area contributed by atoms with Gasteiger partial charge in [0.1, 0.15) is 0 Å². The minimum atomic E-state index is -1.71. The summed E-state index contributed by atoms with van der Waals surface area (Å²) in [4.78, 5) is 11.1. The second-order valence-electron chi connectivity index (χ2n) is 9.94. The van der Waals surface area contributed by atoms with Crippen molar-refractivity contribution in [3.8, 4) is 0 Å². The summed E-state index contributed by atoms with van der Waals surface area (Å²) < 4.78 is 11.4. The molecule has 0 amide bonds. The highest BCUT2D eigenvalue weighted by Crippen LogP contribution is 2.38. The molecule has 0 radical (unpaired) electrons. The quantitative estimate of drug-likeness (QED) is 0.102. The van der Waals surface area contributed by atoms with Crippen molar-refractivity contribution in [2.45, 2.75) is 135 Å². The van der Waals surface area contributed by atoms with E-state index in [4.69, 9.17) is 4.43 Å². The van der Waals surface area contributed by atoms with Crippen LogP contribution in [0.1, 0.15) is 111 Å². The lowest BCUT2D eigenvalue weighted by molar-refractivity contribution is -0.140. The molecular weight excluding hydrogens is 376 g/mol. The number of carbonyl (C=O) groups is 1. The molecule has 0 spiro atoms. The summed E-state index contributed by atoms with van der Waals surface area (Å²) in [5.74, 6) is -0.0860. The van der Waals surface area contributed by atoms with Crippen molar-refractivity contribution in [3.05, 3.63) is 12.2 Å². The number of methoxy groups -OCH3 is 1. The summed E-state index contributed by atoms with van der Waals surface area (Å²) in [5.41, 5.74) is 0. The SMILES string of the molecule is CCCCCC[C@H](C/C=C\CCCCCCCC(=O)OC)O[Si](C)(C)C(C)(C)C. The number of hydrogen-bond donors (Lipinski definition) is 0. The van der Waals surface area contributed by atoms with Crippen LogP contribution in [0.4, 0.5) is 0 Å². The molecule has 0 fully saturated rings. The predicted molar refractivity (Wildman–Crippen MR) is 129 cm³/mol. The molecule has 0 saturated carbocycles. The van der Waals surface area contributed by atoms with E-state index in [9.17, 15) is 4.79 Å². The molecule has 0 aromatic carbocycles. The maximum atomic E-state index is 11.1. The molecule has 0 bridgehead atoms. The highest BCUT2D eigenvalue weighted by atomic mass is 28.4. The Labute approximate surface area is 183 Å². The number of ether oxygens (including phenoxy) is 1. The number of carbonyl (C=O) groups excluding carboxylic acids is 1. The molecule has 172 valence electrons. The highest BCUT2D eigenvalue weighted by molar-refractivity contribution is 6.74. The van der Waals surface area contributed by atoms with Crippen LogP contribution in [0.25, 0.3) is 0 Å². The Morgan fingerprint density at radius 1 is 0.931 bits per heavy atom. The van der Waals surface area contributed by atoms with Gasteiger partial charge in [-0.3, -0.25) is 4.79 Å². The first-order chi connectivity index (χ1) is 13.6. The highest BCUT2D eigenvalue weighted by Gasteiger charge is 2.38. The Kier molecular flexibility index (Phi) is 15.8. The predicted octanol–water partition coefficient (Wildman–Crippen LogP) is 8.20. The summed E-state index contributed by atoms with van der Waals surface area (Å²) in [6.45, 7) is 14.0. The normalized spacial score (nSPS) is 13.8. The molecule has 0 rings (SSSR count). The van der Waals surface area contributed by atoms with Crippen LogP contribution in [0, 0.1) is 0 Å². The molecule has 4 heteroatoms. The topological polar surface area (TPSA) is 35.5 Å². The molecule has 0 aliphatic rings. The van der Waals surface area contributed by atoms with Crippen LogP contribution >= 0.6 is 0 Å². The van der Waals surface area contributed by atoms with Crippen LogP contribution in [-0.4, -0.2) is 27.5 Å². The van der Waals surface area contributed by atoms with Crippen LogP contribution in [0.2, 0.25) is 18.1 Å². The van der Waals surface area contributed by atoms with Crippen LogP contribution < -0.4 is 0 Å². The Hall–Kier alpha value is -0.613. The van der Waals surface area contributed by atoms with Gasteiger partial charge in [0.15, 0.2) is 8.32 Å². The largest absolute Gasteiger partial charge is 0.469 e. The van der Waals surface area contributed by atoms with Crippen molar-refractivity contribution in [2.75, 3.05) is 7.11 Å². The molecule has 1 atom stereocenters. The molecular formula is C25H50O3Si. The number of rotatable bonds is 17. The summed E-state index contributed by atoms with van der Waals surface area (Å²) in [6, 6.07) is 0. The fourth-order valence-electron chi connectivity index (χ4n) is 3.15. The second kappa shape index (κ2) is 16.1. The van der Waals surface area contributed by atoms with Gasteiger partial charge in [-0.2, -0.15) is 0 Å². The Bertz CT molecular complexity index is 438. The van der Waals surface area contributed by atoms with E-state index in [0.29, 0.717) is 12.5 Å². The fraction of sp³-hybridized carbons (Fsp3) is 0.880. The number of unbranched alkanes of at least 4 members (excludes halogenated alkanes) is 8. The lowest BCUT2D eigenvalue weighted by Gasteiger charge is -2.39. The zero-order valence-corrected chi connectivity index (χ0v) is 21.6. The molecule has 29 heavy (non-hydrogen) atoms. The van der Waals surface area contributed by atoms with E-state index >= 15 is 0 Å². The average molecular weight is 427 g/mol. The van der Waals surface area contributed by atoms with Crippen molar-refractivity contribution in [1.29, 1.82) is 0 Å². The minimum absolute atomic E-state index is 0.0860. The standard InChI is InChI=1S/C25H50O3Si/c1-8-9-10-17-20-23(28-29(6,7)25(2,3)4)21-18-15-13-11-12-14-16-19-22-24(26)27-5/h15,18,23H,8-14,16-17,19-22H2,1-7H3/b18-15-/t23-/m1/s1. The van der Waals surface area contributed by atoms with Crippen molar-refractivity contribution in [3.63, 3.8) is 0 Å². The number of hydrogen-bond acceptors (Lipinski definition) is 3. The van der Waals surface area contributed by atoms with Crippen molar-refractivity contribution >= 4 is 14.3 Å². The zero-order chi connectivity index (χ0) is 22.2. The third-order valence-electron chi connectivity index (χ3n) is 6.19. The van der Waals surface area contributed by atoms with Gasteiger partial charge in [0.05, 0.1) is 7.11 Å². The van der Waals surface area contributed by atoms with E-state index in [2.05, 4.69) is 57.7 Å². The van der Waals surface area contributed by atoms with Crippen LogP contribution in [0.5, 0.6) is 0 Å². The Morgan fingerprint density at radius 2 is 1.55 bits per heavy atom. The maximum Gasteiger partial charge on any atom is 0.305 e. The molecule has 0 aromatic heterocycles. The van der Waals surface area contributed by atoms with E-state index in [1.54, 1.807) is 0 Å². The summed E-state index contributed by atoms with van der Waals surface area (Å²) in [7, 11) is -0.248. The zero-order valence-electron chi connectivity index (χ0n) is 20.6. The smallest absolute Gasteiger partial charge is 0.305 e. The molecule has 0 saturated heterocycles. The van der Waals surface area contributed by atoms with Gasteiger partial charge in [-0.25, -0.2) is 0 Å². The monoisotopic (exact) mass is 426 g/mol. The molecule has 0 aliphatic carbocycles. The summed E-state index contributed by atoms with van der Waals surface area (Å²) in [5, 5.41) is 0.270. The number of esters is 1. The van der Waals surface area contributed by atoms with Gasteiger partial charge < -0.3 is 9.16 Å². The van der Waals surface area contributed by atoms with Gasteiger partial charge in [-0.1, -0.05) is 84.8 Å². The van der Waals surface area contributed by atoms with E-state index in [1.165, 1.54) is 58.5 Å². The molecule has 0 heterocycles. The summed E-state index contributed by atoms with van der Waals surface area (Å²) >= 11 is 0. The van der Waals surface area contributed by atoms with Crippen molar-refractivity contribution < 1.29 is 14.0 Å². The maximum absolute atomic E-state index is 11.1. The van der Waals surface area contributed by atoms with E-state index < -0.39 is 8.32 Å². The van der Waals surface area contributed by atoms with Crippen LogP contribution in [0.15, 0.2) is 12.2 Å². The number of allylic oxidation sites excluding steroid dienone is 1. The Balaban J connectivity index is 4.18. The minimum Gasteiger partial charge on any atom is -0.469 e. The molecule has 0 unspecified atom stereocenters. The Morgan fingerprint density at radius 3 is 2.17 bits per heavy atom. The lowest BCUT2D eigenvalue weighted by Crippen LogP contribution is -2.43. The first-order valence-electron chi connectivity index (χ1n) is 12.0. The van der Waals surface area contributed by atoms with Crippen molar-refractivity contribution in [1.82, 2.24) is 0 Å². The lowest BCUT2D eigenvalue weighted by atomic mass is 10.1. The van der Waals surface area contributed by atoms with Crippen molar-refractivity contribution in [2.24, 2.45) is 0 Å². The van der Waals surface area contributed by atoms with E-state index in [0.717, 1.165) is 25.7 Å². The third kappa shape index (κ3) is 14.9. The first-order valence-corrected chi connectivity index (χ1v) is 14.9. The van der Waals surface area contributed by atoms with Gasteiger partial charge in [-0.05, 0) is 50.2 Å². The van der Waals surface area contributed by atoms with Crippen LogP contribution in [-0.2, 0) is 14.0 Å². The van der Waals surface area contributed by atoms with Gasteiger partial charge in [-0.15, -0.1) is 0 Å². The first kappa shape index (κ1) is 28.4. The van der Waals surface area contributed by atoms with Crippen LogP contribution in [0.3, 0.4) is 0 Å². The third-order valence-corrected chi connectivity index (χ3v) is 10.7.